The van der Waals surface area contributed by atoms with Crippen LogP contribution in [0.1, 0.15) is 48.9 Å². The lowest BCUT2D eigenvalue weighted by Crippen LogP contribution is -2.24. The lowest BCUT2D eigenvalue weighted by molar-refractivity contribution is -0.137. The number of anilines is 1. The highest BCUT2D eigenvalue weighted by molar-refractivity contribution is 6.00. The number of unbranched alkanes of at least 4 members (excludes halogenated alkanes) is 1. The molecule has 7 nitrogen and oxygen atoms in total. The van der Waals surface area contributed by atoms with Gasteiger partial charge in [-0.3, -0.25) is 14.5 Å². The fraction of sp³-hybridized carbons (Fsp3) is 0.500. The molecule has 1 fully saturated rings. The number of aliphatic carboxylic acids is 1. The predicted octanol–water partition coefficient (Wildman–Crippen LogP) is 3.01. The number of rotatable bonds is 6. The molecule has 1 unspecified atom stereocenters. The molecule has 0 saturated carbocycles. The minimum absolute atomic E-state index is 0.0550. The van der Waals surface area contributed by atoms with Crippen molar-refractivity contribution in [2.45, 2.75) is 44.6 Å². The second kappa shape index (κ2) is 7.55. The summed E-state index contributed by atoms with van der Waals surface area (Å²) >= 11 is 0. The van der Waals surface area contributed by atoms with Crippen molar-refractivity contribution in [3.05, 3.63) is 23.8 Å². The summed E-state index contributed by atoms with van der Waals surface area (Å²) in [5.74, 6) is -0.248. The maximum atomic E-state index is 12.1. The molecule has 0 radical (unpaired) electrons. The van der Waals surface area contributed by atoms with E-state index in [1.165, 1.54) is 4.90 Å². The van der Waals surface area contributed by atoms with Crippen molar-refractivity contribution < 1.29 is 29.0 Å². The van der Waals surface area contributed by atoms with Crippen LogP contribution in [0.5, 0.6) is 5.75 Å². The van der Waals surface area contributed by atoms with E-state index in [1.807, 2.05) is 0 Å². The summed E-state index contributed by atoms with van der Waals surface area (Å²) in [6.07, 6.45) is 2.50. The van der Waals surface area contributed by atoms with Crippen molar-refractivity contribution in [3.63, 3.8) is 0 Å². The third-order valence-electron chi connectivity index (χ3n) is 4.42. The first-order chi connectivity index (χ1) is 12.0. The molecule has 0 spiro atoms. The van der Waals surface area contributed by atoms with Gasteiger partial charge >= 0.3 is 12.1 Å². The second-order valence-corrected chi connectivity index (χ2v) is 6.31. The normalized spacial score (nSPS) is 19.8. The summed E-state index contributed by atoms with van der Waals surface area (Å²) in [7, 11) is 0. The molecule has 2 heterocycles. The van der Waals surface area contributed by atoms with Gasteiger partial charge in [-0.25, -0.2) is 4.79 Å². The largest absolute Gasteiger partial charge is 0.493 e. The number of cyclic esters (lactones) is 1. The van der Waals surface area contributed by atoms with E-state index >= 15 is 0 Å². The van der Waals surface area contributed by atoms with Crippen LogP contribution in [-0.4, -0.2) is 42.2 Å². The van der Waals surface area contributed by atoms with Gasteiger partial charge in [-0.1, -0.05) is 0 Å². The molecule has 2 aliphatic heterocycles. The van der Waals surface area contributed by atoms with Crippen molar-refractivity contribution in [1.29, 1.82) is 0 Å². The average Bonchev–Trinajstić information content (AvgIpc) is 2.85. The first-order valence-corrected chi connectivity index (χ1v) is 8.54. The molecule has 7 heteroatoms. The maximum Gasteiger partial charge on any atom is 0.414 e. The Balaban J connectivity index is 1.64. The number of amides is 1. The van der Waals surface area contributed by atoms with Gasteiger partial charge in [0.2, 0.25) is 0 Å². The Morgan fingerprint density at radius 2 is 2.12 bits per heavy atom. The Hall–Kier alpha value is -2.57. The van der Waals surface area contributed by atoms with Crippen molar-refractivity contribution in [3.8, 4) is 5.75 Å². The van der Waals surface area contributed by atoms with Gasteiger partial charge in [-0.2, -0.15) is 0 Å². The highest BCUT2D eigenvalue weighted by atomic mass is 16.6. The number of Topliss-reactive ketones (excluding diaryl/α,β-unsaturated/α-hetero) is 1. The number of nitrogens with zero attached hydrogens (tertiary/aromatic N) is 1. The SMILES string of the molecule is O=C(O)CCCCC1CN(c2ccc3c(c2)OCCCC3=O)C(=O)O1. The van der Waals surface area contributed by atoms with Gasteiger partial charge in [0.1, 0.15) is 11.9 Å². The van der Waals surface area contributed by atoms with Gasteiger partial charge in [-0.05, 0) is 37.8 Å². The number of fused-ring (bicyclic) bond motifs is 1. The van der Waals surface area contributed by atoms with E-state index in [0.717, 1.165) is 0 Å². The van der Waals surface area contributed by atoms with Gasteiger partial charge < -0.3 is 14.6 Å². The van der Waals surface area contributed by atoms with Crippen LogP contribution in [-0.2, 0) is 9.53 Å². The van der Waals surface area contributed by atoms with Gasteiger partial charge in [0.15, 0.2) is 5.78 Å². The number of carboxylic acid groups (broad SMARTS) is 1. The molecule has 1 atom stereocenters. The minimum atomic E-state index is -0.815. The zero-order valence-electron chi connectivity index (χ0n) is 13.9. The zero-order valence-corrected chi connectivity index (χ0v) is 13.9. The molecule has 1 amide bonds. The Bertz CT molecular complexity index is 686. The molecule has 0 aliphatic carbocycles. The topological polar surface area (TPSA) is 93.1 Å². The fourth-order valence-corrected chi connectivity index (χ4v) is 3.11. The van der Waals surface area contributed by atoms with E-state index in [0.29, 0.717) is 62.3 Å². The fourth-order valence-electron chi connectivity index (χ4n) is 3.11. The molecule has 1 saturated heterocycles. The number of ketones is 1. The van der Waals surface area contributed by atoms with Crippen LogP contribution in [0, 0.1) is 0 Å². The lowest BCUT2D eigenvalue weighted by atomic mass is 10.1. The number of carbonyl (C=O) groups is 3. The molecule has 0 bridgehead atoms. The van der Waals surface area contributed by atoms with Crippen molar-refractivity contribution in [1.82, 2.24) is 0 Å². The molecule has 25 heavy (non-hydrogen) atoms. The van der Waals surface area contributed by atoms with Crippen LogP contribution in [0.2, 0.25) is 0 Å². The molecular formula is C18H21NO6. The van der Waals surface area contributed by atoms with Crippen molar-refractivity contribution in [2.24, 2.45) is 0 Å². The van der Waals surface area contributed by atoms with Gasteiger partial charge in [0.25, 0.3) is 0 Å². The molecule has 0 aromatic heterocycles. The highest BCUT2D eigenvalue weighted by Crippen LogP contribution is 2.31. The van der Waals surface area contributed by atoms with E-state index < -0.39 is 12.1 Å². The number of hydrogen-bond acceptors (Lipinski definition) is 5. The average molecular weight is 347 g/mol. The molecular weight excluding hydrogens is 326 g/mol. The number of benzene rings is 1. The van der Waals surface area contributed by atoms with Crippen LogP contribution >= 0.6 is 0 Å². The second-order valence-electron chi connectivity index (χ2n) is 6.31. The molecule has 1 aromatic carbocycles. The van der Waals surface area contributed by atoms with E-state index in [9.17, 15) is 14.4 Å². The number of ether oxygens (including phenoxy) is 2. The number of carboxylic acids is 1. The Morgan fingerprint density at radius 3 is 2.92 bits per heavy atom. The predicted molar refractivity (Wildman–Crippen MR) is 89.2 cm³/mol. The molecule has 2 aliphatic rings. The van der Waals surface area contributed by atoms with E-state index in [-0.39, 0.29) is 18.3 Å². The van der Waals surface area contributed by atoms with Crippen molar-refractivity contribution in [2.75, 3.05) is 18.1 Å². The van der Waals surface area contributed by atoms with Crippen LogP contribution < -0.4 is 9.64 Å². The van der Waals surface area contributed by atoms with E-state index in [4.69, 9.17) is 14.6 Å². The molecule has 1 aromatic rings. The quantitative estimate of drug-likeness (QED) is 0.795. The third kappa shape index (κ3) is 4.10. The van der Waals surface area contributed by atoms with Crippen LogP contribution in [0.3, 0.4) is 0 Å². The molecule has 1 N–H and O–H groups in total. The van der Waals surface area contributed by atoms with Gasteiger partial charge in [0.05, 0.1) is 24.4 Å². The Labute approximate surface area is 145 Å². The lowest BCUT2D eigenvalue weighted by Gasteiger charge is -2.15. The van der Waals surface area contributed by atoms with Gasteiger partial charge in [-0.15, -0.1) is 0 Å². The summed E-state index contributed by atoms with van der Waals surface area (Å²) in [6, 6.07) is 5.15. The first-order valence-electron chi connectivity index (χ1n) is 8.54. The van der Waals surface area contributed by atoms with Crippen LogP contribution in [0.25, 0.3) is 0 Å². The number of hydrogen-bond donors (Lipinski definition) is 1. The summed E-state index contributed by atoms with van der Waals surface area (Å²) in [4.78, 5) is 36.2. The molecule has 134 valence electrons. The summed E-state index contributed by atoms with van der Waals surface area (Å²) in [5, 5.41) is 8.64. The zero-order chi connectivity index (χ0) is 17.8. The van der Waals surface area contributed by atoms with Gasteiger partial charge in [0, 0.05) is 18.9 Å². The monoisotopic (exact) mass is 347 g/mol. The molecule has 3 rings (SSSR count). The smallest absolute Gasteiger partial charge is 0.414 e. The summed E-state index contributed by atoms with van der Waals surface area (Å²) in [6.45, 7) is 0.900. The Morgan fingerprint density at radius 1 is 1.28 bits per heavy atom. The van der Waals surface area contributed by atoms with Crippen LogP contribution in [0.4, 0.5) is 10.5 Å². The Kier molecular flexibility index (Phi) is 5.21. The highest BCUT2D eigenvalue weighted by Gasteiger charge is 2.32. The summed E-state index contributed by atoms with van der Waals surface area (Å²) in [5.41, 5.74) is 1.20. The van der Waals surface area contributed by atoms with Crippen LogP contribution in [0.15, 0.2) is 18.2 Å². The van der Waals surface area contributed by atoms with E-state index in [1.54, 1.807) is 18.2 Å². The number of carbonyl (C=O) groups excluding carboxylic acids is 2. The third-order valence-corrected chi connectivity index (χ3v) is 4.42. The summed E-state index contributed by atoms with van der Waals surface area (Å²) < 4.78 is 11.0. The standard InChI is InChI=1S/C18H21NO6/c20-15-5-3-9-24-16-10-12(7-8-14(15)16)19-11-13(25-18(19)23)4-1-2-6-17(21)22/h7-8,10,13H,1-6,9,11H2,(H,21,22). The minimum Gasteiger partial charge on any atom is -0.493 e. The maximum absolute atomic E-state index is 12.1. The van der Waals surface area contributed by atoms with E-state index in [2.05, 4.69) is 0 Å². The van der Waals surface area contributed by atoms with Crippen molar-refractivity contribution >= 4 is 23.5 Å². The first kappa shape index (κ1) is 17.3.